The minimum Gasteiger partial charge on any atom is -0.319 e. The average Bonchev–Trinajstić information content (AvgIpc) is 3.06. The van der Waals surface area contributed by atoms with E-state index in [0.29, 0.717) is 10.4 Å². The molecule has 4 rings (SSSR count). The molecule has 0 radical (unpaired) electrons. The number of carbonyl (C=O) groups excluding carboxylic acids is 1. The summed E-state index contributed by atoms with van der Waals surface area (Å²) < 4.78 is 2.92. The molecule has 3 aromatic carbocycles. The third-order valence-corrected chi connectivity index (χ3v) is 6.81. The zero-order valence-electron chi connectivity index (χ0n) is 16.1. The average molecular weight is 510 g/mol. The van der Waals surface area contributed by atoms with E-state index < -0.39 is 0 Å². The molecule has 0 aliphatic heterocycles. The van der Waals surface area contributed by atoms with E-state index in [4.69, 9.17) is 0 Å². The zero-order chi connectivity index (χ0) is 20.4. The van der Waals surface area contributed by atoms with Gasteiger partial charge in [0.1, 0.15) is 0 Å². The molecule has 144 valence electrons. The van der Waals surface area contributed by atoms with Crippen LogP contribution in [0.15, 0.2) is 83.9 Å². The van der Waals surface area contributed by atoms with Crippen molar-refractivity contribution in [2.24, 2.45) is 12.0 Å². The molecule has 1 aromatic heterocycles. The number of hydrogen-bond acceptors (Lipinski definition) is 2. The minimum atomic E-state index is -0.220. The van der Waals surface area contributed by atoms with Crippen molar-refractivity contribution in [1.29, 1.82) is 0 Å². The highest BCUT2D eigenvalue weighted by Gasteiger charge is 2.16. The summed E-state index contributed by atoms with van der Waals surface area (Å²) in [5.74, 6) is -0.220. The number of benzene rings is 3. The van der Waals surface area contributed by atoms with Crippen molar-refractivity contribution in [3.05, 3.63) is 98.4 Å². The Morgan fingerprint density at radius 3 is 2.24 bits per heavy atom. The third-order valence-electron chi connectivity index (χ3n) is 4.69. The number of carbonyl (C=O) groups is 1. The van der Waals surface area contributed by atoms with Gasteiger partial charge in [0, 0.05) is 10.6 Å². The summed E-state index contributed by atoms with van der Waals surface area (Å²) in [4.78, 5) is 19.1. The number of nitrogens with zero attached hydrogens (tertiary/aromatic N) is 2. The van der Waals surface area contributed by atoms with Crippen LogP contribution >= 0.6 is 33.9 Å². The molecule has 0 atom stereocenters. The molecule has 29 heavy (non-hydrogen) atoms. The number of halogens is 1. The first kappa shape index (κ1) is 19.8. The fourth-order valence-corrected chi connectivity index (χ4v) is 4.92. The predicted molar refractivity (Wildman–Crippen MR) is 128 cm³/mol. The van der Waals surface area contributed by atoms with E-state index in [0.717, 1.165) is 25.3 Å². The standard InChI is InChI=1S/C24H19IN2OS/c1-16-12-14-17(15-13-16)21-22(18-8-4-3-5-9-18)29-24(27(21)2)26-23(28)19-10-6-7-11-20(19)25/h3-15H,1-2H3. The van der Waals surface area contributed by atoms with Crippen LogP contribution in [0.1, 0.15) is 15.9 Å². The van der Waals surface area contributed by atoms with E-state index in [1.54, 1.807) is 11.3 Å². The first-order chi connectivity index (χ1) is 14.0. The highest BCUT2D eigenvalue weighted by molar-refractivity contribution is 14.1. The lowest BCUT2D eigenvalue weighted by atomic mass is 10.1. The van der Waals surface area contributed by atoms with Crippen molar-refractivity contribution in [2.75, 3.05) is 0 Å². The van der Waals surface area contributed by atoms with Gasteiger partial charge in [-0.1, -0.05) is 83.6 Å². The molecule has 0 N–H and O–H groups in total. The Bertz CT molecular complexity index is 1240. The molecule has 3 nitrogen and oxygen atoms in total. The topological polar surface area (TPSA) is 34.4 Å². The Labute approximate surface area is 187 Å². The van der Waals surface area contributed by atoms with Crippen LogP contribution in [0.2, 0.25) is 0 Å². The van der Waals surface area contributed by atoms with Crippen molar-refractivity contribution in [1.82, 2.24) is 4.57 Å². The van der Waals surface area contributed by atoms with E-state index in [-0.39, 0.29) is 5.91 Å². The van der Waals surface area contributed by atoms with Gasteiger partial charge in [0.25, 0.3) is 5.91 Å². The molecule has 5 heteroatoms. The molecule has 0 saturated carbocycles. The molecule has 0 spiro atoms. The highest BCUT2D eigenvalue weighted by atomic mass is 127. The van der Waals surface area contributed by atoms with Crippen LogP contribution in [0, 0.1) is 10.5 Å². The molecule has 0 bridgehead atoms. The van der Waals surface area contributed by atoms with Crippen LogP contribution in [0.5, 0.6) is 0 Å². The largest absolute Gasteiger partial charge is 0.319 e. The van der Waals surface area contributed by atoms with Gasteiger partial charge in [0.15, 0.2) is 4.80 Å². The Morgan fingerprint density at radius 1 is 0.897 bits per heavy atom. The molecule has 0 aliphatic carbocycles. The Balaban J connectivity index is 1.92. The summed E-state index contributed by atoms with van der Waals surface area (Å²) in [5.41, 5.74) is 5.13. The fourth-order valence-electron chi connectivity index (χ4n) is 3.16. The Hall–Kier alpha value is -2.51. The van der Waals surface area contributed by atoms with E-state index in [9.17, 15) is 4.79 Å². The van der Waals surface area contributed by atoms with Gasteiger partial charge in [0.2, 0.25) is 0 Å². The van der Waals surface area contributed by atoms with Crippen molar-refractivity contribution < 1.29 is 4.79 Å². The van der Waals surface area contributed by atoms with Crippen LogP contribution < -0.4 is 4.80 Å². The summed E-state index contributed by atoms with van der Waals surface area (Å²) in [7, 11) is 1.97. The van der Waals surface area contributed by atoms with Crippen molar-refractivity contribution in [2.45, 2.75) is 6.92 Å². The van der Waals surface area contributed by atoms with Gasteiger partial charge in [0.05, 0.1) is 16.1 Å². The number of aromatic nitrogens is 1. The summed E-state index contributed by atoms with van der Waals surface area (Å²) in [6, 6.07) is 26.2. The van der Waals surface area contributed by atoms with Crippen LogP contribution in [-0.4, -0.2) is 10.5 Å². The van der Waals surface area contributed by atoms with Gasteiger partial charge in [-0.2, -0.15) is 4.99 Å². The SMILES string of the molecule is Cc1ccc(-c2c(-c3ccccc3)sc(=NC(=O)c3ccccc3I)n2C)cc1. The normalized spacial score (nSPS) is 11.6. The smallest absolute Gasteiger partial charge is 0.280 e. The number of thiazole rings is 1. The van der Waals surface area contributed by atoms with Crippen molar-refractivity contribution >= 4 is 39.8 Å². The van der Waals surface area contributed by atoms with Gasteiger partial charge in [-0.25, -0.2) is 0 Å². The fraction of sp³-hybridized carbons (Fsp3) is 0.0833. The molecular weight excluding hydrogens is 491 g/mol. The van der Waals surface area contributed by atoms with E-state index in [1.807, 2.05) is 54.1 Å². The lowest BCUT2D eigenvalue weighted by molar-refractivity contribution is 0.0997. The van der Waals surface area contributed by atoms with Gasteiger partial charge in [-0.15, -0.1) is 0 Å². The first-order valence-electron chi connectivity index (χ1n) is 9.20. The lowest BCUT2D eigenvalue weighted by Crippen LogP contribution is -2.14. The molecule has 0 unspecified atom stereocenters. The molecule has 0 aliphatic rings. The second-order valence-corrected chi connectivity index (χ2v) is 8.89. The summed E-state index contributed by atoms with van der Waals surface area (Å²) in [5, 5.41) is 0. The molecule has 1 amide bonds. The van der Waals surface area contributed by atoms with Crippen LogP contribution in [0.3, 0.4) is 0 Å². The summed E-state index contributed by atoms with van der Waals surface area (Å²) in [6.45, 7) is 2.08. The zero-order valence-corrected chi connectivity index (χ0v) is 19.1. The number of rotatable bonds is 3. The summed E-state index contributed by atoms with van der Waals surface area (Å²) in [6.07, 6.45) is 0. The van der Waals surface area contributed by atoms with Crippen LogP contribution in [-0.2, 0) is 7.05 Å². The molecule has 0 fully saturated rings. The maximum atomic E-state index is 12.8. The first-order valence-corrected chi connectivity index (χ1v) is 11.1. The second kappa shape index (κ2) is 8.47. The maximum Gasteiger partial charge on any atom is 0.280 e. The quantitative estimate of drug-likeness (QED) is 0.308. The number of hydrogen-bond donors (Lipinski definition) is 0. The van der Waals surface area contributed by atoms with E-state index >= 15 is 0 Å². The molecule has 0 saturated heterocycles. The predicted octanol–water partition coefficient (Wildman–Crippen LogP) is 6.07. The number of aryl methyl sites for hydroxylation is 1. The van der Waals surface area contributed by atoms with Crippen molar-refractivity contribution in [3.8, 4) is 21.7 Å². The Morgan fingerprint density at radius 2 is 1.55 bits per heavy atom. The Kier molecular flexibility index (Phi) is 5.78. The van der Waals surface area contributed by atoms with Crippen LogP contribution in [0.25, 0.3) is 21.7 Å². The van der Waals surface area contributed by atoms with E-state index in [1.165, 1.54) is 5.56 Å². The van der Waals surface area contributed by atoms with Crippen molar-refractivity contribution in [3.63, 3.8) is 0 Å². The molecule has 4 aromatic rings. The monoisotopic (exact) mass is 510 g/mol. The third kappa shape index (κ3) is 4.11. The molecular formula is C24H19IN2OS. The summed E-state index contributed by atoms with van der Waals surface area (Å²) >= 11 is 3.72. The van der Waals surface area contributed by atoms with E-state index in [2.05, 4.69) is 70.9 Å². The maximum absolute atomic E-state index is 12.8. The minimum absolute atomic E-state index is 0.220. The molecule has 1 heterocycles. The lowest BCUT2D eigenvalue weighted by Gasteiger charge is -2.08. The van der Waals surface area contributed by atoms with Gasteiger partial charge in [-0.05, 0) is 52.8 Å². The van der Waals surface area contributed by atoms with Gasteiger partial charge >= 0.3 is 0 Å². The van der Waals surface area contributed by atoms with Gasteiger partial charge < -0.3 is 4.57 Å². The van der Waals surface area contributed by atoms with Gasteiger partial charge in [-0.3, -0.25) is 4.79 Å². The highest BCUT2D eigenvalue weighted by Crippen LogP contribution is 2.34. The van der Waals surface area contributed by atoms with Crippen LogP contribution in [0.4, 0.5) is 0 Å². The number of amides is 1. The second-order valence-electron chi connectivity index (χ2n) is 6.75.